The number of amides is 1. The molecule has 1 aliphatic heterocycles. The van der Waals surface area contributed by atoms with Crippen LogP contribution < -0.4 is 16.4 Å². The Morgan fingerprint density at radius 3 is 2.62 bits per heavy atom. The molecule has 1 saturated heterocycles. The number of benzene rings is 2. The first kappa shape index (κ1) is 21.9. The van der Waals surface area contributed by atoms with E-state index < -0.39 is 23.1 Å². The van der Waals surface area contributed by atoms with Gasteiger partial charge in [0, 0.05) is 19.5 Å². The molecule has 32 heavy (non-hydrogen) atoms. The summed E-state index contributed by atoms with van der Waals surface area (Å²) in [4.78, 5) is 24.0. The van der Waals surface area contributed by atoms with Crippen molar-refractivity contribution < 1.29 is 18.7 Å². The number of oxazole rings is 1. The zero-order valence-corrected chi connectivity index (χ0v) is 16.8. The van der Waals surface area contributed by atoms with Crippen molar-refractivity contribution in [3.8, 4) is 17.2 Å². The molecule has 4 rings (SSSR count). The molecule has 1 aliphatic rings. The molecule has 3 N–H and O–H groups in total. The zero-order chi connectivity index (χ0) is 23.0. The van der Waals surface area contributed by atoms with E-state index in [-0.39, 0.29) is 34.9 Å². The molecular weight excluding hydrogens is 413 g/mol. The van der Waals surface area contributed by atoms with Crippen molar-refractivity contribution in [2.75, 3.05) is 13.1 Å². The van der Waals surface area contributed by atoms with Crippen molar-refractivity contribution in [2.45, 2.75) is 18.0 Å². The number of carbonyl (C=O) groups excluding carboxylic acids is 1. The van der Waals surface area contributed by atoms with Crippen LogP contribution in [0.2, 0.25) is 0 Å². The van der Waals surface area contributed by atoms with E-state index in [1.165, 1.54) is 24.3 Å². The number of nitriles is 1. The van der Waals surface area contributed by atoms with Gasteiger partial charge in [-0.1, -0.05) is 18.2 Å². The summed E-state index contributed by atoms with van der Waals surface area (Å²) in [6, 6.07) is 10.2. The Morgan fingerprint density at radius 2 is 2.03 bits per heavy atom. The standard InChI is InChI=1S/C21H17B2FN4O4/c22-21(23,31)28-17-7-12(3-4-18(17)32-20(28)30)11-1-2-13(16(24)6-11)5-15(8-25)27-19(29)14-9-26-10-14/h1-4,6-7,14-15,26,31H,5,9-10H2,(H,27,29). The second-order valence-corrected chi connectivity index (χ2v) is 7.72. The van der Waals surface area contributed by atoms with Crippen LogP contribution in [0.3, 0.4) is 0 Å². The Kier molecular flexibility index (Phi) is 5.67. The smallest absolute Gasteiger partial charge is 0.408 e. The lowest BCUT2D eigenvalue weighted by Crippen LogP contribution is -2.52. The Hall–Kier alpha value is -3.35. The third-order valence-electron chi connectivity index (χ3n) is 5.37. The van der Waals surface area contributed by atoms with Crippen LogP contribution in [0, 0.1) is 23.1 Å². The van der Waals surface area contributed by atoms with E-state index in [1.807, 2.05) is 6.07 Å². The maximum atomic E-state index is 14.8. The fourth-order valence-electron chi connectivity index (χ4n) is 3.54. The first-order valence-corrected chi connectivity index (χ1v) is 9.83. The quantitative estimate of drug-likeness (QED) is 0.477. The normalized spacial score (nSPS) is 15.2. The zero-order valence-electron chi connectivity index (χ0n) is 16.8. The minimum Gasteiger partial charge on any atom is -0.408 e. The van der Waals surface area contributed by atoms with Crippen LogP contribution in [-0.2, 0) is 16.7 Å². The highest BCUT2D eigenvalue weighted by molar-refractivity contribution is 6.36. The van der Waals surface area contributed by atoms with Gasteiger partial charge in [0.2, 0.25) is 5.91 Å². The maximum absolute atomic E-state index is 14.8. The highest BCUT2D eigenvalue weighted by atomic mass is 19.1. The van der Waals surface area contributed by atoms with Gasteiger partial charge in [-0.25, -0.2) is 9.18 Å². The van der Waals surface area contributed by atoms with Gasteiger partial charge in [0.1, 0.15) is 27.6 Å². The van der Waals surface area contributed by atoms with Crippen LogP contribution in [0.15, 0.2) is 45.6 Å². The molecular formula is C21H17B2FN4O4. The van der Waals surface area contributed by atoms with E-state index in [0.717, 1.165) is 0 Å². The molecule has 0 bridgehead atoms. The van der Waals surface area contributed by atoms with E-state index in [2.05, 4.69) is 10.6 Å². The van der Waals surface area contributed by atoms with Crippen LogP contribution in [0.25, 0.3) is 22.2 Å². The van der Waals surface area contributed by atoms with Gasteiger partial charge in [0.05, 0.1) is 23.0 Å². The number of rotatable bonds is 6. The Balaban J connectivity index is 1.59. The SMILES string of the molecule is [B]C([B])(O)n1c(=O)oc2ccc(-c3ccc(CC(C#N)NC(=O)C4CNC4)c(F)c3)cc21. The van der Waals surface area contributed by atoms with Gasteiger partial charge in [0.25, 0.3) is 0 Å². The van der Waals surface area contributed by atoms with E-state index in [0.29, 0.717) is 28.8 Å². The highest BCUT2D eigenvalue weighted by Crippen LogP contribution is 2.27. The second kappa shape index (κ2) is 8.30. The number of fused-ring (bicyclic) bond motifs is 1. The summed E-state index contributed by atoms with van der Waals surface area (Å²) in [6.07, 6.45) is 0.0161. The molecule has 2 heterocycles. The van der Waals surface area contributed by atoms with Crippen molar-refractivity contribution in [1.29, 1.82) is 5.26 Å². The van der Waals surface area contributed by atoms with Crippen LogP contribution >= 0.6 is 0 Å². The number of aliphatic hydroxyl groups is 1. The lowest BCUT2D eigenvalue weighted by Gasteiger charge is -2.26. The number of carbonyl (C=O) groups is 1. The highest BCUT2D eigenvalue weighted by Gasteiger charge is 2.27. The van der Waals surface area contributed by atoms with Gasteiger partial charge in [-0.3, -0.25) is 9.36 Å². The Morgan fingerprint density at radius 1 is 1.34 bits per heavy atom. The summed E-state index contributed by atoms with van der Waals surface area (Å²) in [5, 5.41) is 24.8. The van der Waals surface area contributed by atoms with Crippen molar-refractivity contribution in [3.05, 3.63) is 58.3 Å². The van der Waals surface area contributed by atoms with E-state index in [1.54, 1.807) is 12.1 Å². The molecule has 1 aromatic heterocycles. The third-order valence-corrected chi connectivity index (χ3v) is 5.37. The predicted octanol–water partition coefficient (Wildman–Crippen LogP) is 0.0680. The number of hydrogen-bond donors (Lipinski definition) is 3. The number of aromatic nitrogens is 1. The summed E-state index contributed by atoms with van der Waals surface area (Å²) in [5.41, 5.74) is -0.913. The number of hydrogen-bond acceptors (Lipinski definition) is 6. The summed E-state index contributed by atoms with van der Waals surface area (Å²) in [6.45, 7) is 1.13. The lowest BCUT2D eigenvalue weighted by atomic mass is 9.73. The molecule has 8 nitrogen and oxygen atoms in total. The molecule has 1 amide bonds. The minimum absolute atomic E-state index is 0.0161. The van der Waals surface area contributed by atoms with Crippen LogP contribution in [0.5, 0.6) is 0 Å². The van der Waals surface area contributed by atoms with Crippen molar-refractivity contribution >= 4 is 32.7 Å². The Bertz CT molecular complexity index is 1290. The van der Waals surface area contributed by atoms with E-state index in [9.17, 15) is 24.3 Å². The second-order valence-electron chi connectivity index (χ2n) is 7.72. The van der Waals surface area contributed by atoms with Gasteiger partial charge in [-0.05, 0) is 34.9 Å². The van der Waals surface area contributed by atoms with Crippen molar-refractivity contribution in [3.63, 3.8) is 0 Å². The van der Waals surface area contributed by atoms with E-state index >= 15 is 0 Å². The van der Waals surface area contributed by atoms with Crippen LogP contribution in [-0.4, -0.2) is 50.4 Å². The van der Waals surface area contributed by atoms with Crippen LogP contribution in [0.4, 0.5) is 4.39 Å². The summed E-state index contributed by atoms with van der Waals surface area (Å²) in [5.74, 6) is -1.89. The van der Waals surface area contributed by atoms with Gasteiger partial charge in [-0.2, -0.15) is 5.26 Å². The Labute approximate surface area is 184 Å². The number of halogens is 1. The molecule has 3 aromatic rings. The molecule has 1 atom stereocenters. The first-order chi connectivity index (χ1) is 15.2. The minimum atomic E-state index is -2.47. The molecule has 1 unspecified atom stereocenters. The maximum Gasteiger partial charge on any atom is 0.420 e. The summed E-state index contributed by atoms with van der Waals surface area (Å²) >= 11 is 0. The molecule has 158 valence electrons. The fourth-order valence-corrected chi connectivity index (χ4v) is 3.54. The molecule has 0 aliphatic carbocycles. The third kappa shape index (κ3) is 4.19. The lowest BCUT2D eigenvalue weighted by molar-refractivity contribution is -0.126. The predicted molar refractivity (Wildman–Crippen MR) is 115 cm³/mol. The van der Waals surface area contributed by atoms with Crippen molar-refractivity contribution in [2.24, 2.45) is 5.92 Å². The van der Waals surface area contributed by atoms with Gasteiger partial charge < -0.3 is 20.2 Å². The van der Waals surface area contributed by atoms with Crippen LogP contribution in [0.1, 0.15) is 5.56 Å². The van der Waals surface area contributed by atoms with E-state index in [4.69, 9.17) is 20.1 Å². The largest absolute Gasteiger partial charge is 0.420 e. The molecule has 4 radical (unpaired) electrons. The summed E-state index contributed by atoms with van der Waals surface area (Å²) < 4.78 is 20.5. The molecule has 1 fully saturated rings. The molecule has 2 aromatic carbocycles. The number of nitrogens with zero attached hydrogens (tertiary/aromatic N) is 2. The molecule has 0 spiro atoms. The van der Waals surface area contributed by atoms with Gasteiger partial charge in [0.15, 0.2) is 5.58 Å². The van der Waals surface area contributed by atoms with Crippen molar-refractivity contribution in [1.82, 2.24) is 15.2 Å². The first-order valence-electron chi connectivity index (χ1n) is 9.83. The monoisotopic (exact) mass is 430 g/mol. The van der Waals surface area contributed by atoms with Gasteiger partial charge in [-0.15, -0.1) is 0 Å². The topological polar surface area (TPSA) is 120 Å². The average molecular weight is 430 g/mol. The summed E-state index contributed by atoms with van der Waals surface area (Å²) in [7, 11) is 10.9. The fraction of sp³-hybridized carbons (Fsp3) is 0.286. The molecule has 0 saturated carbocycles. The average Bonchev–Trinajstić information content (AvgIpc) is 3.02. The molecule has 11 heteroatoms. The van der Waals surface area contributed by atoms with Gasteiger partial charge >= 0.3 is 5.76 Å². The number of nitrogens with one attached hydrogen (secondary N) is 2.